The van der Waals surface area contributed by atoms with Crippen LogP contribution in [0.15, 0.2) is 77.2 Å². The molecule has 1 N–H and O–H groups in total. The van der Waals surface area contributed by atoms with Crippen LogP contribution in [0.3, 0.4) is 0 Å². The van der Waals surface area contributed by atoms with Crippen molar-refractivity contribution in [2.24, 2.45) is 0 Å². The molecule has 0 saturated carbocycles. The third kappa shape index (κ3) is 4.01. The van der Waals surface area contributed by atoms with Gasteiger partial charge in [-0.3, -0.25) is 4.79 Å². The van der Waals surface area contributed by atoms with Crippen molar-refractivity contribution in [3.05, 3.63) is 84.2 Å². The van der Waals surface area contributed by atoms with Gasteiger partial charge in [0.2, 0.25) is 5.89 Å². The Hall–Kier alpha value is -3.67. The van der Waals surface area contributed by atoms with Gasteiger partial charge in [0.1, 0.15) is 17.1 Å². The maximum Gasteiger partial charge on any atom is 0.258 e. The van der Waals surface area contributed by atoms with Crippen LogP contribution in [0, 0.1) is 5.82 Å². The summed E-state index contributed by atoms with van der Waals surface area (Å²) in [5.74, 6) is 0.348. The van der Waals surface area contributed by atoms with E-state index in [1.54, 1.807) is 18.2 Å². The molecular formula is C22H17FN2O3. The first-order chi connectivity index (χ1) is 13.7. The Labute approximate surface area is 160 Å². The monoisotopic (exact) mass is 376 g/mol. The number of fused-ring (bicyclic) bond motifs is 1. The number of rotatable bonds is 6. The van der Waals surface area contributed by atoms with Crippen molar-refractivity contribution in [2.45, 2.75) is 6.54 Å². The summed E-state index contributed by atoms with van der Waals surface area (Å²) in [6, 6.07) is 20.7. The van der Waals surface area contributed by atoms with Gasteiger partial charge in [-0.05, 0) is 42.0 Å². The summed E-state index contributed by atoms with van der Waals surface area (Å²) in [6.45, 7) is 0.147. The second-order valence-electron chi connectivity index (χ2n) is 6.17. The number of hydrogen-bond donors (Lipinski definition) is 1. The number of aromatic nitrogens is 1. The number of benzene rings is 3. The second kappa shape index (κ2) is 7.92. The van der Waals surface area contributed by atoms with Crippen molar-refractivity contribution < 1.29 is 18.3 Å². The fourth-order valence-corrected chi connectivity index (χ4v) is 2.75. The van der Waals surface area contributed by atoms with Crippen molar-refractivity contribution in [1.29, 1.82) is 0 Å². The molecule has 4 rings (SSSR count). The lowest BCUT2D eigenvalue weighted by molar-refractivity contribution is -0.123. The molecule has 0 unspecified atom stereocenters. The van der Waals surface area contributed by atoms with Crippen molar-refractivity contribution in [3.8, 4) is 17.2 Å². The normalized spacial score (nSPS) is 10.8. The first-order valence-electron chi connectivity index (χ1n) is 8.78. The summed E-state index contributed by atoms with van der Waals surface area (Å²) in [7, 11) is 0. The number of hydrogen-bond acceptors (Lipinski definition) is 4. The van der Waals surface area contributed by atoms with Gasteiger partial charge < -0.3 is 14.5 Å². The number of nitrogens with one attached hydrogen (secondary N) is 1. The molecule has 1 heterocycles. The average molecular weight is 376 g/mol. The van der Waals surface area contributed by atoms with Crippen LogP contribution < -0.4 is 10.1 Å². The number of para-hydroxylation sites is 3. The van der Waals surface area contributed by atoms with Crippen LogP contribution in [0.1, 0.15) is 5.56 Å². The Kier molecular flexibility index (Phi) is 5.01. The van der Waals surface area contributed by atoms with Gasteiger partial charge in [0.25, 0.3) is 5.91 Å². The van der Waals surface area contributed by atoms with E-state index < -0.39 is 0 Å². The predicted octanol–water partition coefficient (Wildman–Crippen LogP) is 4.33. The molecule has 6 heteroatoms. The Balaban J connectivity index is 1.42. The average Bonchev–Trinajstić information content (AvgIpc) is 3.16. The van der Waals surface area contributed by atoms with E-state index in [0.29, 0.717) is 29.3 Å². The minimum Gasteiger partial charge on any atom is -0.483 e. The van der Waals surface area contributed by atoms with Crippen molar-refractivity contribution in [2.75, 3.05) is 6.61 Å². The first kappa shape index (κ1) is 17.7. The molecule has 0 radical (unpaired) electrons. The quantitative estimate of drug-likeness (QED) is 0.544. The molecule has 0 spiro atoms. The molecule has 0 aliphatic carbocycles. The standard InChI is InChI=1S/C22H17FN2O3/c23-16-11-9-15(10-12-16)13-24-21(26)14-27-19-7-3-1-5-17(19)22-25-18-6-2-4-8-20(18)28-22/h1-12H,13-14H2,(H,24,26). The number of carbonyl (C=O) groups is 1. The van der Waals surface area contributed by atoms with Gasteiger partial charge in [-0.15, -0.1) is 0 Å². The molecule has 140 valence electrons. The zero-order valence-corrected chi connectivity index (χ0v) is 14.9. The molecule has 28 heavy (non-hydrogen) atoms. The van der Waals surface area contributed by atoms with E-state index in [1.807, 2.05) is 42.5 Å². The SMILES string of the molecule is O=C(COc1ccccc1-c1nc2ccccc2o1)NCc1ccc(F)cc1. The third-order valence-corrected chi connectivity index (χ3v) is 4.17. The van der Waals surface area contributed by atoms with Gasteiger partial charge >= 0.3 is 0 Å². The highest BCUT2D eigenvalue weighted by Gasteiger charge is 2.14. The van der Waals surface area contributed by atoms with Crippen LogP contribution in [0.2, 0.25) is 0 Å². The van der Waals surface area contributed by atoms with Gasteiger partial charge in [0, 0.05) is 6.54 Å². The molecule has 0 aliphatic rings. The molecule has 1 aromatic heterocycles. The van der Waals surface area contributed by atoms with Gasteiger partial charge in [-0.25, -0.2) is 9.37 Å². The van der Waals surface area contributed by atoms with Crippen LogP contribution in [-0.2, 0) is 11.3 Å². The van der Waals surface area contributed by atoms with Crippen molar-refractivity contribution in [3.63, 3.8) is 0 Å². The molecule has 0 atom stereocenters. The highest BCUT2D eigenvalue weighted by molar-refractivity contribution is 5.79. The Morgan fingerprint density at radius 3 is 2.57 bits per heavy atom. The van der Waals surface area contributed by atoms with E-state index in [-0.39, 0.29) is 18.3 Å². The topological polar surface area (TPSA) is 64.4 Å². The van der Waals surface area contributed by atoms with Crippen LogP contribution in [0.4, 0.5) is 4.39 Å². The van der Waals surface area contributed by atoms with Crippen LogP contribution in [-0.4, -0.2) is 17.5 Å². The van der Waals surface area contributed by atoms with Crippen molar-refractivity contribution >= 4 is 17.0 Å². The molecule has 0 fully saturated rings. The molecule has 3 aromatic carbocycles. The van der Waals surface area contributed by atoms with Gasteiger partial charge in [-0.2, -0.15) is 0 Å². The number of nitrogens with zero attached hydrogens (tertiary/aromatic N) is 1. The zero-order chi connectivity index (χ0) is 19.3. The molecular weight excluding hydrogens is 359 g/mol. The summed E-state index contributed by atoms with van der Waals surface area (Å²) in [4.78, 5) is 16.6. The second-order valence-corrected chi connectivity index (χ2v) is 6.17. The Bertz CT molecular complexity index is 1070. The highest BCUT2D eigenvalue weighted by atomic mass is 19.1. The maximum absolute atomic E-state index is 12.9. The summed E-state index contributed by atoms with van der Waals surface area (Å²) >= 11 is 0. The van der Waals surface area contributed by atoms with Crippen LogP contribution in [0.25, 0.3) is 22.6 Å². The molecule has 0 bridgehead atoms. The minimum atomic E-state index is -0.311. The fraction of sp³-hybridized carbons (Fsp3) is 0.0909. The minimum absolute atomic E-state index is 0.154. The predicted molar refractivity (Wildman–Crippen MR) is 103 cm³/mol. The lowest BCUT2D eigenvalue weighted by Crippen LogP contribution is -2.28. The Morgan fingerprint density at radius 1 is 1.00 bits per heavy atom. The van der Waals surface area contributed by atoms with E-state index in [0.717, 1.165) is 11.1 Å². The summed E-state index contributed by atoms with van der Waals surface area (Å²) in [6.07, 6.45) is 0. The number of halogens is 1. The lowest BCUT2D eigenvalue weighted by atomic mass is 10.2. The molecule has 0 aliphatic heterocycles. The molecule has 4 aromatic rings. The molecule has 0 saturated heterocycles. The van der Waals surface area contributed by atoms with E-state index in [9.17, 15) is 9.18 Å². The van der Waals surface area contributed by atoms with E-state index in [4.69, 9.17) is 9.15 Å². The van der Waals surface area contributed by atoms with E-state index in [1.165, 1.54) is 12.1 Å². The first-order valence-corrected chi connectivity index (χ1v) is 8.78. The summed E-state index contributed by atoms with van der Waals surface area (Å²) < 4.78 is 24.4. The highest BCUT2D eigenvalue weighted by Crippen LogP contribution is 2.31. The van der Waals surface area contributed by atoms with Gasteiger partial charge in [-0.1, -0.05) is 36.4 Å². The number of amides is 1. The summed E-state index contributed by atoms with van der Waals surface area (Å²) in [5, 5.41) is 2.74. The molecule has 5 nitrogen and oxygen atoms in total. The maximum atomic E-state index is 12.9. The third-order valence-electron chi connectivity index (χ3n) is 4.17. The lowest BCUT2D eigenvalue weighted by Gasteiger charge is -2.10. The van der Waals surface area contributed by atoms with Crippen LogP contribution in [0.5, 0.6) is 5.75 Å². The summed E-state index contributed by atoms with van der Waals surface area (Å²) in [5.41, 5.74) is 2.92. The largest absolute Gasteiger partial charge is 0.483 e. The van der Waals surface area contributed by atoms with Gasteiger partial charge in [0.05, 0.1) is 5.56 Å². The number of carbonyl (C=O) groups excluding carboxylic acids is 1. The fourth-order valence-electron chi connectivity index (χ4n) is 2.75. The molecule has 1 amide bonds. The van der Waals surface area contributed by atoms with E-state index >= 15 is 0 Å². The van der Waals surface area contributed by atoms with E-state index in [2.05, 4.69) is 10.3 Å². The number of ether oxygens (including phenoxy) is 1. The Morgan fingerprint density at radius 2 is 1.75 bits per heavy atom. The zero-order valence-electron chi connectivity index (χ0n) is 14.9. The van der Waals surface area contributed by atoms with Gasteiger partial charge in [0.15, 0.2) is 12.2 Å². The number of oxazole rings is 1. The van der Waals surface area contributed by atoms with Crippen molar-refractivity contribution in [1.82, 2.24) is 10.3 Å². The smallest absolute Gasteiger partial charge is 0.258 e. The van der Waals surface area contributed by atoms with Crippen LogP contribution >= 0.6 is 0 Å².